The number of likely N-dealkylation sites (tertiary alicyclic amines) is 1. The molecule has 3 aromatic rings. The number of amides is 1. The molecule has 7 heteroatoms. The number of carbonyl (C=O) groups excluding carboxylic acids is 1. The highest BCUT2D eigenvalue weighted by atomic mass is 35.5. The van der Waals surface area contributed by atoms with Gasteiger partial charge in [0.25, 0.3) is 0 Å². The molecule has 1 amide bonds. The average Bonchev–Trinajstić information content (AvgIpc) is 2.95. The maximum atomic E-state index is 13.0. The van der Waals surface area contributed by atoms with Gasteiger partial charge in [0.1, 0.15) is 6.61 Å². The molecule has 0 aromatic heterocycles. The van der Waals surface area contributed by atoms with Crippen molar-refractivity contribution in [1.82, 2.24) is 4.90 Å². The van der Waals surface area contributed by atoms with Gasteiger partial charge in [0.15, 0.2) is 0 Å². The lowest BCUT2D eigenvalue weighted by Gasteiger charge is -2.47. The SMILES string of the molecule is CC1CC(C)CC(N2CCC(OCC(=O)Nc3cc(Cl)cc(Cl)c3)(c3ccc(-c4cccc(C#N)c4)cc3)CC2)C1. The molecule has 3 aromatic carbocycles. The Labute approximate surface area is 253 Å². The molecule has 1 aliphatic heterocycles. The molecule has 1 aliphatic carbocycles. The first-order valence-electron chi connectivity index (χ1n) is 14.5. The third-order valence-electron chi connectivity index (χ3n) is 8.64. The van der Waals surface area contributed by atoms with Gasteiger partial charge in [-0.15, -0.1) is 0 Å². The largest absolute Gasteiger partial charge is 0.360 e. The Balaban J connectivity index is 1.34. The van der Waals surface area contributed by atoms with Gasteiger partial charge in [-0.1, -0.05) is 73.4 Å². The topological polar surface area (TPSA) is 65.4 Å². The van der Waals surface area contributed by atoms with Crippen molar-refractivity contribution in [2.24, 2.45) is 11.8 Å². The normalized spacial score (nSPS) is 22.6. The van der Waals surface area contributed by atoms with Crippen LogP contribution in [0.5, 0.6) is 0 Å². The number of piperidine rings is 1. The molecule has 214 valence electrons. The van der Waals surface area contributed by atoms with Crippen molar-refractivity contribution in [3.8, 4) is 17.2 Å². The van der Waals surface area contributed by atoms with Crippen molar-refractivity contribution in [2.45, 2.75) is 57.6 Å². The Hall–Kier alpha value is -2.88. The van der Waals surface area contributed by atoms with Crippen LogP contribution in [0.25, 0.3) is 11.1 Å². The van der Waals surface area contributed by atoms with E-state index >= 15 is 0 Å². The van der Waals surface area contributed by atoms with Crippen molar-refractivity contribution >= 4 is 34.8 Å². The van der Waals surface area contributed by atoms with Crippen molar-refractivity contribution in [3.05, 3.63) is 87.9 Å². The van der Waals surface area contributed by atoms with Gasteiger partial charge in [0.2, 0.25) is 5.91 Å². The summed E-state index contributed by atoms with van der Waals surface area (Å²) in [6.45, 7) is 6.54. The molecule has 5 rings (SSSR count). The standard InChI is InChI=1S/C34H37Cl2N3O2/c1-23-14-24(2)16-32(15-23)39-12-10-34(11-13-39,41-22-33(40)38-31-19-29(35)18-30(36)20-31)28-8-6-26(7-9-28)27-5-3-4-25(17-27)21-37/h3-9,17-20,23-24,32H,10-16,22H2,1-2H3,(H,38,40). The highest BCUT2D eigenvalue weighted by molar-refractivity contribution is 6.35. The van der Waals surface area contributed by atoms with E-state index in [2.05, 4.69) is 54.4 Å². The van der Waals surface area contributed by atoms with Gasteiger partial charge in [0.05, 0.1) is 17.2 Å². The van der Waals surface area contributed by atoms with Crippen LogP contribution in [-0.2, 0) is 15.1 Å². The van der Waals surface area contributed by atoms with Crippen LogP contribution in [0.4, 0.5) is 5.69 Å². The number of ether oxygens (including phenoxy) is 1. The van der Waals surface area contributed by atoms with Crippen molar-refractivity contribution < 1.29 is 9.53 Å². The number of nitrogens with one attached hydrogen (secondary N) is 1. The lowest BCUT2D eigenvalue weighted by molar-refractivity contribution is -0.136. The van der Waals surface area contributed by atoms with Crippen LogP contribution in [0.15, 0.2) is 66.7 Å². The quantitative estimate of drug-likeness (QED) is 0.301. The zero-order valence-electron chi connectivity index (χ0n) is 23.7. The van der Waals surface area contributed by atoms with Gasteiger partial charge in [-0.05, 0) is 91.0 Å². The minimum atomic E-state index is -0.571. The molecule has 5 nitrogen and oxygen atoms in total. The number of nitrogens with zero attached hydrogens (tertiary/aromatic N) is 2. The van der Waals surface area contributed by atoms with E-state index in [1.165, 1.54) is 19.3 Å². The second kappa shape index (κ2) is 13.0. The predicted molar refractivity (Wildman–Crippen MR) is 166 cm³/mol. The van der Waals surface area contributed by atoms with E-state index in [9.17, 15) is 10.1 Å². The maximum absolute atomic E-state index is 13.0. The van der Waals surface area contributed by atoms with Gasteiger partial charge in [0, 0.05) is 34.9 Å². The maximum Gasteiger partial charge on any atom is 0.250 e. The molecule has 2 unspecified atom stereocenters. The van der Waals surface area contributed by atoms with Gasteiger partial charge in [-0.25, -0.2) is 0 Å². The number of benzene rings is 3. The van der Waals surface area contributed by atoms with E-state index in [0.29, 0.717) is 27.3 Å². The zero-order valence-corrected chi connectivity index (χ0v) is 25.2. The first kappa shape index (κ1) is 29.6. The van der Waals surface area contributed by atoms with Crippen molar-refractivity contribution in [1.29, 1.82) is 5.26 Å². The minimum Gasteiger partial charge on any atom is -0.360 e. The number of halogens is 2. The van der Waals surface area contributed by atoms with Crippen LogP contribution in [0.1, 0.15) is 57.1 Å². The van der Waals surface area contributed by atoms with Gasteiger partial charge >= 0.3 is 0 Å². The Kier molecular flexibility index (Phi) is 9.36. The van der Waals surface area contributed by atoms with E-state index < -0.39 is 5.60 Å². The highest BCUT2D eigenvalue weighted by Crippen LogP contribution is 2.41. The third kappa shape index (κ3) is 7.31. The van der Waals surface area contributed by atoms with Gasteiger partial charge in [-0.2, -0.15) is 5.26 Å². The van der Waals surface area contributed by atoms with E-state index in [1.807, 2.05) is 24.3 Å². The number of rotatable bonds is 7. The predicted octanol–water partition coefficient (Wildman–Crippen LogP) is 8.30. The number of anilines is 1. The van der Waals surface area contributed by atoms with Gasteiger partial charge in [-0.3, -0.25) is 4.79 Å². The van der Waals surface area contributed by atoms with Crippen molar-refractivity contribution in [2.75, 3.05) is 25.0 Å². The van der Waals surface area contributed by atoms with E-state index in [0.717, 1.165) is 54.5 Å². The molecular weight excluding hydrogens is 553 g/mol. The molecule has 1 N–H and O–H groups in total. The fourth-order valence-electron chi connectivity index (χ4n) is 6.73. The zero-order chi connectivity index (χ0) is 29.0. The number of hydrogen-bond donors (Lipinski definition) is 1. The number of carbonyl (C=O) groups is 1. The Bertz CT molecular complexity index is 1380. The Morgan fingerprint density at radius 3 is 2.24 bits per heavy atom. The summed E-state index contributed by atoms with van der Waals surface area (Å²) >= 11 is 12.2. The summed E-state index contributed by atoms with van der Waals surface area (Å²) in [5, 5.41) is 13.1. The summed E-state index contributed by atoms with van der Waals surface area (Å²) in [5.74, 6) is 1.26. The fourth-order valence-corrected chi connectivity index (χ4v) is 7.26. The summed E-state index contributed by atoms with van der Waals surface area (Å²) in [6.07, 6.45) is 5.43. The first-order chi connectivity index (χ1) is 19.7. The molecule has 2 fully saturated rings. The van der Waals surface area contributed by atoms with Crippen molar-refractivity contribution in [3.63, 3.8) is 0 Å². The lowest BCUT2D eigenvalue weighted by atomic mass is 9.77. The Morgan fingerprint density at radius 1 is 0.951 bits per heavy atom. The summed E-state index contributed by atoms with van der Waals surface area (Å²) in [4.78, 5) is 15.6. The molecular formula is C34H37Cl2N3O2. The average molecular weight is 591 g/mol. The molecule has 0 radical (unpaired) electrons. The van der Waals surface area contributed by atoms with Crippen LogP contribution in [0, 0.1) is 23.2 Å². The summed E-state index contributed by atoms with van der Waals surface area (Å²) in [7, 11) is 0. The summed E-state index contributed by atoms with van der Waals surface area (Å²) < 4.78 is 6.56. The van der Waals surface area contributed by atoms with Crippen LogP contribution >= 0.6 is 23.2 Å². The molecule has 1 heterocycles. The van der Waals surface area contributed by atoms with Crippen LogP contribution in [-0.4, -0.2) is 36.5 Å². The van der Waals surface area contributed by atoms with E-state index in [4.69, 9.17) is 27.9 Å². The van der Waals surface area contributed by atoms with Crippen LogP contribution in [0.3, 0.4) is 0 Å². The molecule has 41 heavy (non-hydrogen) atoms. The lowest BCUT2D eigenvalue weighted by Crippen LogP contribution is -2.50. The second-order valence-electron chi connectivity index (χ2n) is 11.9. The Morgan fingerprint density at radius 2 is 1.61 bits per heavy atom. The van der Waals surface area contributed by atoms with Crippen LogP contribution in [0.2, 0.25) is 10.0 Å². The molecule has 2 atom stereocenters. The summed E-state index contributed by atoms with van der Waals surface area (Å²) in [6, 6.07) is 23.8. The molecule has 2 aliphatic rings. The molecule has 1 saturated carbocycles. The fraction of sp³-hybridized carbons (Fsp3) is 0.412. The second-order valence-corrected chi connectivity index (χ2v) is 12.7. The smallest absolute Gasteiger partial charge is 0.250 e. The molecule has 1 saturated heterocycles. The van der Waals surface area contributed by atoms with E-state index in [1.54, 1.807) is 18.2 Å². The number of nitriles is 1. The van der Waals surface area contributed by atoms with E-state index in [-0.39, 0.29) is 12.5 Å². The third-order valence-corrected chi connectivity index (χ3v) is 9.07. The monoisotopic (exact) mass is 589 g/mol. The first-order valence-corrected chi connectivity index (χ1v) is 15.2. The minimum absolute atomic E-state index is 0.0758. The number of hydrogen-bond acceptors (Lipinski definition) is 4. The highest BCUT2D eigenvalue weighted by Gasteiger charge is 2.40. The summed E-state index contributed by atoms with van der Waals surface area (Å²) in [5.41, 5.74) is 3.72. The molecule has 0 bridgehead atoms. The van der Waals surface area contributed by atoms with Crippen LogP contribution < -0.4 is 5.32 Å². The molecule has 0 spiro atoms. The van der Waals surface area contributed by atoms with Gasteiger partial charge < -0.3 is 15.0 Å².